The molecule has 14 heteroatoms. The van der Waals surface area contributed by atoms with Gasteiger partial charge in [-0.1, -0.05) is 18.2 Å². The number of carbonyl (C=O) groups is 1. The van der Waals surface area contributed by atoms with Gasteiger partial charge in [-0.25, -0.2) is 9.36 Å². The lowest BCUT2D eigenvalue weighted by atomic mass is 10.1. The van der Waals surface area contributed by atoms with E-state index < -0.39 is 56.1 Å². The lowest BCUT2D eigenvalue weighted by molar-refractivity contribution is -0.142. The third kappa shape index (κ3) is 5.81. The average Bonchev–Trinajstić information content (AvgIpc) is 3.08. The number of nitrogens with two attached hydrogens (primary N) is 1. The first-order valence-corrected chi connectivity index (χ1v) is 11.8. The van der Waals surface area contributed by atoms with E-state index in [0.717, 1.165) is 4.57 Å². The zero-order valence-electron chi connectivity index (χ0n) is 18.7. The van der Waals surface area contributed by atoms with Crippen LogP contribution in [0.1, 0.15) is 20.1 Å². The highest BCUT2D eigenvalue weighted by atomic mass is 31.2. The predicted octanol–water partition coefficient (Wildman–Crippen LogP) is 0.188. The number of benzene rings is 1. The Morgan fingerprint density at radius 2 is 1.91 bits per heavy atom. The van der Waals surface area contributed by atoms with Crippen molar-refractivity contribution in [2.75, 3.05) is 12.8 Å². The van der Waals surface area contributed by atoms with Gasteiger partial charge in [-0.15, -0.1) is 0 Å². The molecule has 2 unspecified atom stereocenters. The van der Waals surface area contributed by atoms with E-state index in [2.05, 4.69) is 14.8 Å². The van der Waals surface area contributed by atoms with Crippen molar-refractivity contribution in [3.8, 4) is 5.75 Å². The Morgan fingerprint density at radius 1 is 1.24 bits per heavy atom. The summed E-state index contributed by atoms with van der Waals surface area (Å²) < 4.78 is 36.0. The van der Waals surface area contributed by atoms with Gasteiger partial charge >= 0.3 is 19.4 Å². The largest absolute Gasteiger partial charge is 0.468 e. The summed E-state index contributed by atoms with van der Waals surface area (Å²) in [4.78, 5) is 27.6. The molecule has 186 valence electrons. The highest BCUT2D eigenvalue weighted by Gasteiger charge is 2.49. The van der Waals surface area contributed by atoms with E-state index in [1.807, 2.05) is 0 Å². The second kappa shape index (κ2) is 10.6. The quantitative estimate of drug-likeness (QED) is 0.272. The Morgan fingerprint density at radius 3 is 2.53 bits per heavy atom. The number of rotatable bonds is 9. The molecular weight excluding hydrogens is 471 g/mol. The summed E-state index contributed by atoms with van der Waals surface area (Å²) in [5.74, 6) is -0.545. The lowest BCUT2D eigenvalue weighted by Crippen LogP contribution is -2.41. The van der Waals surface area contributed by atoms with Gasteiger partial charge in [-0.2, -0.15) is 10.1 Å². The van der Waals surface area contributed by atoms with E-state index in [1.54, 1.807) is 18.2 Å². The van der Waals surface area contributed by atoms with Gasteiger partial charge in [0.05, 0.1) is 13.2 Å². The smallest absolute Gasteiger partial charge is 0.459 e. The number of aromatic nitrogens is 2. The van der Waals surface area contributed by atoms with Gasteiger partial charge in [0.1, 0.15) is 35.9 Å². The Labute approximate surface area is 195 Å². The van der Waals surface area contributed by atoms with Crippen LogP contribution in [0.4, 0.5) is 5.82 Å². The second-order valence-corrected chi connectivity index (χ2v) is 9.25. The third-order valence-electron chi connectivity index (χ3n) is 5.04. The molecule has 0 amide bonds. The molecule has 13 nitrogen and oxygen atoms in total. The van der Waals surface area contributed by atoms with E-state index in [0.29, 0.717) is 0 Å². The van der Waals surface area contributed by atoms with Crippen LogP contribution in [0, 0.1) is 0 Å². The zero-order valence-corrected chi connectivity index (χ0v) is 19.6. The van der Waals surface area contributed by atoms with E-state index in [4.69, 9.17) is 19.5 Å². The number of carbonyl (C=O) groups excluding carboxylic acids is 1. The molecule has 34 heavy (non-hydrogen) atoms. The van der Waals surface area contributed by atoms with Crippen LogP contribution in [-0.4, -0.2) is 63.3 Å². The molecule has 0 bridgehead atoms. The van der Waals surface area contributed by atoms with Crippen LogP contribution in [-0.2, 0) is 23.4 Å². The zero-order chi connectivity index (χ0) is 25.0. The van der Waals surface area contributed by atoms with Crippen LogP contribution < -0.4 is 21.0 Å². The molecule has 1 aromatic heterocycles. The number of anilines is 1. The number of methoxy groups -OCH3 is 1. The van der Waals surface area contributed by atoms with Crippen LogP contribution in [0.25, 0.3) is 0 Å². The maximum atomic E-state index is 13.6. The number of nitrogen functional groups attached to an aromatic ring is 1. The van der Waals surface area contributed by atoms with Crippen molar-refractivity contribution in [2.24, 2.45) is 0 Å². The van der Waals surface area contributed by atoms with Crippen molar-refractivity contribution in [3.63, 3.8) is 0 Å². The summed E-state index contributed by atoms with van der Waals surface area (Å²) in [5, 5.41) is 23.5. The fourth-order valence-corrected chi connectivity index (χ4v) is 5.06. The van der Waals surface area contributed by atoms with Crippen LogP contribution in [0.5, 0.6) is 5.75 Å². The fourth-order valence-electron chi connectivity index (χ4n) is 3.37. The molecule has 2 heterocycles. The van der Waals surface area contributed by atoms with Crippen LogP contribution in [0.2, 0.25) is 0 Å². The van der Waals surface area contributed by atoms with Gasteiger partial charge in [-0.05, 0) is 32.0 Å². The number of nitrogens with one attached hydrogen (secondary N) is 1. The molecule has 7 atom stereocenters. The average molecular weight is 498 g/mol. The summed E-state index contributed by atoms with van der Waals surface area (Å²) in [5.41, 5.74) is 4.69. The molecular formula is C20H27N4O9P. The third-order valence-corrected chi connectivity index (χ3v) is 6.81. The van der Waals surface area contributed by atoms with Gasteiger partial charge < -0.3 is 29.9 Å². The highest BCUT2D eigenvalue weighted by molar-refractivity contribution is 7.52. The summed E-state index contributed by atoms with van der Waals surface area (Å²) >= 11 is 0. The van der Waals surface area contributed by atoms with E-state index >= 15 is 0 Å². The van der Waals surface area contributed by atoms with Crippen molar-refractivity contribution in [1.29, 1.82) is 0 Å². The molecule has 1 fully saturated rings. The number of aliphatic hydroxyl groups excluding tert-OH is 2. The monoisotopic (exact) mass is 498 g/mol. The molecule has 2 aromatic rings. The number of nitrogens with zero attached hydrogens (tertiary/aromatic N) is 2. The summed E-state index contributed by atoms with van der Waals surface area (Å²) in [6.45, 7) is 2.83. The molecule has 1 aromatic carbocycles. The molecule has 0 spiro atoms. The van der Waals surface area contributed by atoms with Crippen molar-refractivity contribution < 1.29 is 38.1 Å². The first-order valence-electron chi connectivity index (χ1n) is 10.3. The van der Waals surface area contributed by atoms with E-state index in [-0.39, 0.29) is 11.6 Å². The van der Waals surface area contributed by atoms with Gasteiger partial charge in [0.25, 0.3) is 0 Å². The predicted molar refractivity (Wildman–Crippen MR) is 119 cm³/mol. The number of hydrogen-bond acceptors (Lipinski definition) is 11. The number of aliphatic hydroxyl groups is 2. The number of para-hydroxylation sites is 1. The fraction of sp³-hybridized carbons (Fsp3) is 0.450. The van der Waals surface area contributed by atoms with Crippen molar-refractivity contribution in [3.05, 3.63) is 53.1 Å². The van der Waals surface area contributed by atoms with Crippen molar-refractivity contribution in [1.82, 2.24) is 14.6 Å². The Hall–Kier alpha value is -2.80. The van der Waals surface area contributed by atoms with Gasteiger partial charge in [0.15, 0.2) is 6.23 Å². The van der Waals surface area contributed by atoms with Gasteiger partial charge in [0.2, 0.25) is 0 Å². The van der Waals surface area contributed by atoms with Gasteiger partial charge in [-0.3, -0.25) is 13.9 Å². The minimum absolute atomic E-state index is 0.0210. The molecule has 0 aliphatic carbocycles. The first-order chi connectivity index (χ1) is 16.0. The second-order valence-electron chi connectivity index (χ2n) is 7.60. The SMILES string of the molecule is COC(=O)[C@H](C)NP(=O)(Oc1ccccc1)O[C@@H](C)C1O[C@@H](n2ccc(N)nc2=O)[C@@H](O)[C@@H]1O. The Bertz CT molecular complexity index is 1100. The van der Waals surface area contributed by atoms with Crippen LogP contribution >= 0.6 is 7.75 Å². The minimum Gasteiger partial charge on any atom is -0.468 e. The van der Waals surface area contributed by atoms with E-state index in [9.17, 15) is 24.4 Å². The first kappa shape index (κ1) is 25.8. The minimum atomic E-state index is -4.25. The summed E-state index contributed by atoms with van der Waals surface area (Å²) in [6, 6.07) is 8.35. The van der Waals surface area contributed by atoms with Crippen molar-refractivity contribution >= 4 is 19.5 Å². The Kier molecular flexibility index (Phi) is 8.08. The van der Waals surface area contributed by atoms with Crippen molar-refractivity contribution in [2.45, 2.75) is 50.5 Å². The Balaban J connectivity index is 1.82. The maximum Gasteiger partial charge on any atom is 0.459 e. The van der Waals surface area contributed by atoms with E-state index in [1.165, 1.54) is 45.4 Å². The molecule has 5 N–H and O–H groups in total. The van der Waals surface area contributed by atoms with Gasteiger partial charge in [0, 0.05) is 6.20 Å². The van der Waals surface area contributed by atoms with Crippen LogP contribution in [0.3, 0.4) is 0 Å². The highest BCUT2D eigenvalue weighted by Crippen LogP contribution is 2.47. The number of hydrogen-bond donors (Lipinski definition) is 4. The van der Waals surface area contributed by atoms with Crippen LogP contribution in [0.15, 0.2) is 47.4 Å². The lowest BCUT2D eigenvalue weighted by Gasteiger charge is -2.28. The molecule has 0 saturated carbocycles. The molecule has 3 rings (SSSR count). The molecule has 0 radical (unpaired) electrons. The number of ether oxygens (including phenoxy) is 2. The normalized spacial score (nSPS) is 25.8. The topological polar surface area (TPSA) is 184 Å². The molecule has 1 aliphatic rings. The number of esters is 1. The summed E-state index contributed by atoms with van der Waals surface area (Å²) in [6.07, 6.45) is -5.46. The molecule has 1 aliphatic heterocycles. The molecule has 1 saturated heterocycles. The maximum absolute atomic E-state index is 13.6. The standard InChI is InChI=1S/C20H27N4O9P/c1-11(19(27)30-3)23-34(29,33-13-7-5-4-6-8-13)32-12(2)17-15(25)16(26)18(31-17)24-10-9-14(21)22-20(24)28/h4-12,15-18,25-26H,1-3H3,(H,23,29)(H2,21,22,28)/t11-,12-,15-,16-,17?,18+,34?/m0/s1. The summed E-state index contributed by atoms with van der Waals surface area (Å²) in [7, 11) is -3.08.